The summed E-state index contributed by atoms with van der Waals surface area (Å²) < 4.78 is 5.17. The summed E-state index contributed by atoms with van der Waals surface area (Å²) in [5.41, 5.74) is -0.773. The molecule has 0 bridgehead atoms. The molecule has 1 saturated heterocycles. The number of rotatable bonds is 1. The van der Waals surface area contributed by atoms with Gasteiger partial charge in [0.25, 0.3) is 0 Å². The Labute approximate surface area is 66.6 Å². The lowest BCUT2D eigenvalue weighted by Gasteiger charge is -2.21. The zero-order valence-electron chi connectivity index (χ0n) is 6.55. The zero-order valence-corrected chi connectivity index (χ0v) is 6.55. The van der Waals surface area contributed by atoms with Crippen molar-refractivity contribution in [2.45, 2.75) is 31.3 Å². The third-order valence-electron chi connectivity index (χ3n) is 2.05. The molecule has 1 aliphatic rings. The lowest BCUT2D eigenvalue weighted by molar-refractivity contribution is 0.0229. The van der Waals surface area contributed by atoms with Crippen LogP contribution in [-0.4, -0.2) is 23.9 Å². The lowest BCUT2D eigenvalue weighted by Crippen LogP contribution is -2.27. The normalized spacial score (nSPS) is 32.4. The van der Waals surface area contributed by atoms with Crippen LogP contribution < -0.4 is 0 Å². The maximum atomic E-state index is 9.75. The second kappa shape index (κ2) is 3.70. The summed E-state index contributed by atoms with van der Waals surface area (Å²) in [6.07, 6.45) is 2.38. The van der Waals surface area contributed by atoms with Crippen molar-refractivity contribution >= 4 is 0 Å². The molecule has 3 heteroatoms. The Balaban J connectivity index is 2.46. The molecule has 0 aromatic rings. The topological polar surface area (TPSA) is 53.2 Å². The number of ether oxygens (including phenoxy) is 1. The van der Waals surface area contributed by atoms with Crippen molar-refractivity contribution in [3.8, 4) is 6.07 Å². The molecule has 1 fully saturated rings. The van der Waals surface area contributed by atoms with Gasteiger partial charge in [0.15, 0.2) is 0 Å². The van der Waals surface area contributed by atoms with E-state index in [9.17, 15) is 5.11 Å². The van der Waals surface area contributed by atoms with Gasteiger partial charge in [-0.1, -0.05) is 0 Å². The van der Waals surface area contributed by atoms with E-state index < -0.39 is 5.60 Å². The summed E-state index contributed by atoms with van der Waals surface area (Å²) in [5, 5.41) is 18.2. The Kier molecular flexibility index (Phi) is 2.86. The average Bonchev–Trinajstić information content (AvgIpc) is 2.15. The van der Waals surface area contributed by atoms with Crippen molar-refractivity contribution in [2.75, 3.05) is 13.2 Å². The van der Waals surface area contributed by atoms with E-state index in [0.717, 1.165) is 6.42 Å². The Morgan fingerprint density at radius 1 is 1.45 bits per heavy atom. The van der Waals surface area contributed by atoms with E-state index in [0.29, 0.717) is 26.1 Å². The third-order valence-corrected chi connectivity index (χ3v) is 2.05. The van der Waals surface area contributed by atoms with Crippen molar-refractivity contribution in [2.24, 2.45) is 0 Å². The Morgan fingerprint density at radius 3 is 3.00 bits per heavy atom. The summed E-state index contributed by atoms with van der Waals surface area (Å²) in [7, 11) is 0. The minimum atomic E-state index is -0.773. The molecule has 1 unspecified atom stereocenters. The fourth-order valence-electron chi connectivity index (χ4n) is 1.32. The van der Waals surface area contributed by atoms with Gasteiger partial charge in [0, 0.05) is 19.6 Å². The number of nitriles is 1. The van der Waals surface area contributed by atoms with Gasteiger partial charge in [0.1, 0.15) is 0 Å². The van der Waals surface area contributed by atoms with Gasteiger partial charge in [-0.15, -0.1) is 0 Å². The van der Waals surface area contributed by atoms with Crippen molar-refractivity contribution in [3.05, 3.63) is 0 Å². The van der Waals surface area contributed by atoms with Crippen LogP contribution in [0, 0.1) is 11.3 Å². The quantitative estimate of drug-likeness (QED) is 0.610. The van der Waals surface area contributed by atoms with Gasteiger partial charge in [-0.3, -0.25) is 0 Å². The summed E-state index contributed by atoms with van der Waals surface area (Å²) in [6, 6.07) is 2.00. The van der Waals surface area contributed by atoms with Crippen LogP contribution in [0.2, 0.25) is 0 Å². The zero-order chi connectivity index (χ0) is 8.16. The highest BCUT2D eigenvalue weighted by atomic mass is 16.5. The first-order valence-electron chi connectivity index (χ1n) is 3.94. The molecule has 0 radical (unpaired) electrons. The van der Waals surface area contributed by atoms with Crippen molar-refractivity contribution in [3.63, 3.8) is 0 Å². The standard InChI is InChI=1S/C8H13NO2/c9-5-3-8(10)2-1-6-11-7-4-8/h10H,1-4,6-7H2. The van der Waals surface area contributed by atoms with E-state index in [1.807, 2.05) is 6.07 Å². The highest BCUT2D eigenvalue weighted by Gasteiger charge is 2.27. The predicted octanol–water partition coefficient (Wildman–Crippen LogP) is 0.832. The first kappa shape index (κ1) is 8.51. The minimum Gasteiger partial charge on any atom is -0.389 e. The van der Waals surface area contributed by atoms with Crippen LogP contribution in [-0.2, 0) is 4.74 Å². The van der Waals surface area contributed by atoms with Gasteiger partial charge in [-0.05, 0) is 12.8 Å². The summed E-state index contributed by atoms with van der Waals surface area (Å²) in [6.45, 7) is 1.30. The smallest absolute Gasteiger partial charge is 0.0799 e. The Hall–Kier alpha value is -0.590. The van der Waals surface area contributed by atoms with Crippen LogP contribution in [0.5, 0.6) is 0 Å². The summed E-state index contributed by atoms with van der Waals surface area (Å²) in [5.74, 6) is 0. The minimum absolute atomic E-state index is 0.232. The van der Waals surface area contributed by atoms with Crippen molar-refractivity contribution in [1.29, 1.82) is 5.26 Å². The maximum absolute atomic E-state index is 9.75. The monoisotopic (exact) mass is 155 g/mol. The second-order valence-electron chi connectivity index (χ2n) is 3.03. The molecule has 0 aromatic carbocycles. The average molecular weight is 155 g/mol. The molecule has 0 saturated carbocycles. The van der Waals surface area contributed by atoms with E-state index in [-0.39, 0.29) is 6.42 Å². The third kappa shape index (κ3) is 2.49. The van der Waals surface area contributed by atoms with Crippen molar-refractivity contribution < 1.29 is 9.84 Å². The van der Waals surface area contributed by atoms with E-state index in [1.165, 1.54) is 0 Å². The van der Waals surface area contributed by atoms with Gasteiger partial charge in [-0.2, -0.15) is 5.26 Å². The first-order chi connectivity index (χ1) is 5.27. The number of aliphatic hydroxyl groups is 1. The highest BCUT2D eigenvalue weighted by Crippen LogP contribution is 2.23. The molecule has 1 N–H and O–H groups in total. The van der Waals surface area contributed by atoms with Crippen LogP contribution in [0.25, 0.3) is 0 Å². The van der Waals surface area contributed by atoms with Crippen molar-refractivity contribution in [1.82, 2.24) is 0 Å². The van der Waals surface area contributed by atoms with Crippen LogP contribution in [0.3, 0.4) is 0 Å². The number of nitrogens with zero attached hydrogens (tertiary/aromatic N) is 1. The van der Waals surface area contributed by atoms with Crippen LogP contribution >= 0.6 is 0 Å². The second-order valence-corrected chi connectivity index (χ2v) is 3.03. The number of hydrogen-bond acceptors (Lipinski definition) is 3. The van der Waals surface area contributed by atoms with Gasteiger partial charge < -0.3 is 9.84 Å². The van der Waals surface area contributed by atoms with Gasteiger partial charge in [-0.25, -0.2) is 0 Å². The molecule has 62 valence electrons. The van der Waals surface area contributed by atoms with Gasteiger partial charge >= 0.3 is 0 Å². The van der Waals surface area contributed by atoms with E-state index in [1.54, 1.807) is 0 Å². The Morgan fingerprint density at radius 2 is 2.27 bits per heavy atom. The molecule has 1 aliphatic heterocycles. The molecule has 1 rings (SSSR count). The molecule has 0 spiro atoms. The fraction of sp³-hybridized carbons (Fsp3) is 0.875. The molecule has 11 heavy (non-hydrogen) atoms. The highest BCUT2D eigenvalue weighted by molar-refractivity contribution is 4.89. The van der Waals surface area contributed by atoms with Crippen LogP contribution in [0.15, 0.2) is 0 Å². The first-order valence-corrected chi connectivity index (χ1v) is 3.94. The molecule has 0 aliphatic carbocycles. The van der Waals surface area contributed by atoms with Crippen LogP contribution in [0.4, 0.5) is 0 Å². The molecule has 1 heterocycles. The molecule has 1 atom stereocenters. The molecular formula is C8H13NO2. The van der Waals surface area contributed by atoms with Gasteiger partial charge in [0.2, 0.25) is 0 Å². The number of hydrogen-bond donors (Lipinski definition) is 1. The maximum Gasteiger partial charge on any atom is 0.0799 e. The molecule has 0 amide bonds. The van der Waals surface area contributed by atoms with E-state index in [2.05, 4.69) is 0 Å². The summed E-state index contributed by atoms with van der Waals surface area (Å²) in [4.78, 5) is 0. The van der Waals surface area contributed by atoms with Gasteiger partial charge in [0.05, 0.1) is 18.1 Å². The summed E-state index contributed by atoms with van der Waals surface area (Å²) >= 11 is 0. The SMILES string of the molecule is N#CCC1(O)CCCOCC1. The Bertz CT molecular complexity index is 154. The largest absolute Gasteiger partial charge is 0.389 e. The fourth-order valence-corrected chi connectivity index (χ4v) is 1.32. The molecule has 0 aromatic heterocycles. The molecule has 3 nitrogen and oxygen atoms in total. The van der Waals surface area contributed by atoms with E-state index >= 15 is 0 Å². The van der Waals surface area contributed by atoms with E-state index in [4.69, 9.17) is 10.00 Å². The predicted molar refractivity (Wildman–Crippen MR) is 39.8 cm³/mol. The van der Waals surface area contributed by atoms with Crippen LogP contribution in [0.1, 0.15) is 25.7 Å². The lowest BCUT2D eigenvalue weighted by atomic mass is 9.92. The molecular weight excluding hydrogens is 142 g/mol.